The molecule has 28 heavy (non-hydrogen) atoms. The van der Waals surface area contributed by atoms with E-state index in [4.69, 9.17) is 11.6 Å². The van der Waals surface area contributed by atoms with Gasteiger partial charge in [0.2, 0.25) is 0 Å². The van der Waals surface area contributed by atoms with E-state index >= 15 is 0 Å². The lowest BCUT2D eigenvalue weighted by Gasteiger charge is -2.35. The standard InChI is InChI=1S/C21H18ClN3OS2/c22-17-3-1-2-16-19-14(13-27-20(16)17)12-18(28-19)21(26)25-10-8-24(9-11-25)15-4-6-23-7-5-15/h1-7,12H,8-11,13H2. The molecule has 2 aromatic heterocycles. The van der Waals surface area contributed by atoms with Crippen LogP contribution in [0.4, 0.5) is 5.69 Å². The Bertz CT molecular complexity index is 1030. The van der Waals surface area contributed by atoms with Crippen molar-refractivity contribution in [1.82, 2.24) is 9.88 Å². The highest BCUT2D eigenvalue weighted by molar-refractivity contribution is 7.99. The number of aromatic nitrogens is 1. The molecule has 0 N–H and O–H groups in total. The zero-order valence-corrected chi connectivity index (χ0v) is 17.5. The van der Waals surface area contributed by atoms with Crippen molar-refractivity contribution < 1.29 is 4.79 Å². The van der Waals surface area contributed by atoms with E-state index in [1.54, 1.807) is 23.1 Å². The highest BCUT2D eigenvalue weighted by atomic mass is 35.5. The number of hydrogen-bond acceptors (Lipinski definition) is 5. The number of benzene rings is 1. The third-order valence-electron chi connectivity index (χ3n) is 5.20. The van der Waals surface area contributed by atoms with Crippen molar-refractivity contribution in [2.24, 2.45) is 0 Å². The Kier molecular flexibility index (Phi) is 4.78. The van der Waals surface area contributed by atoms with Gasteiger partial charge in [-0.25, -0.2) is 0 Å². The van der Waals surface area contributed by atoms with Gasteiger partial charge in [0, 0.05) is 65.3 Å². The first-order valence-corrected chi connectivity index (χ1v) is 11.4. The van der Waals surface area contributed by atoms with E-state index < -0.39 is 0 Å². The predicted molar refractivity (Wildman–Crippen MR) is 117 cm³/mol. The normalized spacial score (nSPS) is 15.9. The highest BCUT2D eigenvalue weighted by Gasteiger charge is 2.27. The molecule has 4 heterocycles. The first-order chi connectivity index (χ1) is 13.7. The van der Waals surface area contributed by atoms with Crippen LogP contribution < -0.4 is 4.90 Å². The van der Waals surface area contributed by atoms with Crippen LogP contribution in [0, 0.1) is 0 Å². The number of amides is 1. The third-order valence-corrected chi connectivity index (χ3v) is 8.01. The SMILES string of the molecule is O=C(c1cc2c(s1)-c1cccc(Cl)c1SC2)N1CCN(c2ccncc2)CC1. The number of fused-ring (bicyclic) bond motifs is 3. The van der Waals surface area contributed by atoms with E-state index in [2.05, 4.69) is 22.0 Å². The second-order valence-corrected chi connectivity index (χ2v) is 9.30. The third kappa shape index (κ3) is 3.19. The van der Waals surface area contributed by atoms with Gasteiger partial charge in [0.25, 0.3) is 5.91 Å². The first kappa shape index (κ1) is 18.0. The lowest BCUT2D eigenvalue weighted by atomic mass is 10.1. The van der Waals surface area contributed by atoms with E-state index in [1.807, 2.05) is 41.6 Å². The van der Waals surface area contributed by atoms with Crippen LogP contribution in [0.1, 0.15) is 15.2 Å². The summed E-state index contributed by atoms with van der Waals surface area (Å²) in [4.78, 5) is 24.6. The van der Waals surface area contributed by atoms with E-state index in [1.165, 1.54) is 16.1 Å². The van der Waals surface area contributed by atoms with Crippen LogP contribution in [0.25, 0.3) is 10.4 Å². The van der Waals surface area contributed by atoms with E-state index in [0.717, 1.165) is 52.3 Å². The van der Waals surface area contributed by atoms with Crippen LogP contribution in [0.3, 0.4) is 0 Å². The number of hydrogen-bond donors (Lipinski definition) is 0. The molecule has 1 fully saturated rings. The van der Waals surface area contributed by atoms with E-state index in [-0.39, 0.29) is 5.91 Å². The van der Waals surface area contributed by atoms with Crippen LogP contribution in [0.5, 0.6) is 0 Å². The molecular weight excluding hydrogens is 410 g/mol. The summed E-state index contributed by atoms with van der Waals surface area (Å²) in [6.07, 6.45) is 3.62. The quantitative estimate of drug-likeness (QED) is 0.574. The molecule has 2 aliphatic heterocycles. The minimum atomic E-state index is 0.141. The Hall–Kier alpha value is -2.02. The molecule has 0 saturated carbocycles. The van der Waals surface area contributed by atoms with Gasteiger partial charge in [-0.1, -0.05) is 23.7 Å². The van der Waals surface area contributed by atoms with Crippen molar-refractivity contribution in [2.75, 3.05) is 31.1 Å². The van der Waals surface area contributed by atoms with Crippen LogP contribution in [0.15, 0.2) is 53.7 Å². The molecule has 0 spiro atoms. The van der Waals surface area contributed by atoms with Crippen molar-refractivity contribution in [3.63, 3.8) is 0 Å². The van der Waals surface area contributed by atoms with Gasteiger partial charge in [0.15, 0.2) is 0 Å². The first-order valence-electron chi connectivity index (χ1n) is 9.19. The second-order valence-electron chi connectivity index (χ2n) is 6.85. The smallest absolute Gasteiger partial charge is 0.264 e. The van der Waals surface area contributed by atoms with Gasteiger partial charge in [-0.05, 0) is 29.8 Å². The van der Waals surface area contributed by atoms with Crippen LogP contribution in [-0.2, 0) is 5.75 Å². The minimum absolute atomic E-state index is 0.141. The summed E-state index contributed by atoms with van der Waals surface area (Å²) in [5.74, 6) is 1.01. The molecule has 4 nitrogen and oxygen atoms in total. The summed E-state index contributed by atoms with van der Waals surface area (Å²) in [5, 5.41) is 0.793. The minimum Gasteiger partial charge on any atom is -0.368 e. The molecule has 0 aliphatic carbocycles. The van der Waals surface area contributed by atoms with E-state index in [9.17, 15) is 4.79 Å². The van der Waals surface area contributed by atoms with Gasteiger partial charge in [-0.15, -0.1) is 23.1 Å². The number of carbonyl (C=O) groups is 1. The monoisotopic (exact) mass is 427 g/mol. The number of rotatable bonds is 2. The van der Waals surface area contributed by atoms with Gasteiger partial charge in [-0.2, -0.15) is 0 Å². The summed E-state index contributed by atoms with van der Waals surface area (Å²) in [6.45, 7) is 3.16. The Morgan fingerprint density at radius 1 is 1.07 bits per heavy atom. The molecule has 0 unspecified atom stereocenters. The number of pyridine rings is 1. The molecule has 7 heteroatoms. The number of carbonyl (C=O) groups excluding carboxylic acids is 1. The molecule has 5 rings (SSSR count). The van der Waals surface area contributed by atoms with Crippen LogP contribution in [0.2, 0.25) is 5.02 Å². The van der Waals surface area contributed by atoms with Gasteiger partial charge in [-0.3, -0.25) is 9.78 Å². The molecule has 2 aliphatic rings. The summed E-state index contributed by atoms with van der Waals surface area (Å²) in [7, 11) is 0. The van der Waals surface area contributed by atoms with Crippen LogP contribution in [-0.4, -0.2) is 42.0 Å². The number of anilines is 1. The zero-order chi connectivity index (χ0) is 19.1. The highest BCUT2D eigenvalue weighted by Crippen LogP contribution is 2.48. The predicted octanol–water partition coefficient (Wildman–Crippen LogP) is 5.03. The maximum absolute atomic E-state index is 13.1. The van der Waals surface area contributed by atoms with Crippen molar-refractivity contribution in [3.8, 4) is 10.4 Å². The Morgan fingerprint density at radius 3 is 2.64 bits per heavy atom. The van der Waals surface area contributed by atoms with Crippen molar-refractivity contribution in [3.05, 3.63) is 64.3 Å². The summed E-state index contributed by atoms with van der Waals surface area (Å²) in [6, 6.07) is 12.1. The van der Waals surface area contributed by atoms with Crippen LogP contribution >= 0.6 is 34.7 Å². The molecule has 1 aromatic carbocycles. The summed E-state index contributed by atoms with van der Waals surface area (Å²) >= 11 is 9.72. The maximum Gasteiger partial charge on any atom is 0.264 e. The molecule has 0 atom stereocenters. The van der Waals surface area contributed by atoms with E-state index in [0.29, 0.717) is 0 Å². The fourth-order valence-electron chi connectivity index (χ4n) is 3.73. The van der Waals surface area contributed by atoms with Gasteiger partial charge < -0.3 is 9.80 Å². The average molecular weight is 428 g/mol. The largest absolute Gasteiger partial charge is 0.368 e. The molecule has 3 aromatic rings. The maximum atomic E-state index is 13.1. The fraction of sp³-hybridized carbons (Fsp3) is 0.238. The van der Waals surface area contributed by atoms with Gasteiger partial charge in [0.05, 0.1) is 9.90 Å². The van der Waals surface area contributed by atoms with Gasteiger partial charge >= 0.3 is 0 Å². The second kappa shape index (κ2) is 7.43. The number of nitrogens with zero attached hydrogens (tertiary/aromatic N) is 3. The van der Waals surface area contributed by atoms with Crippen molar-refractivity contribution in [2.45, 2.75) is 10.6 Å². The number of thioether (sulfide) groups is 1. The Morgan fingerprint density at radius 2 is 1.86 bits per heavy atom. The molecule has 1 amide bonds. The number of thiophene rings is 1. The molecule has 1 saturated heterocycles. The lowest BCUT2D eigenvalue weighted by molar-refractivity contribution is 0.0751. The molecule has 0 radical (unpaired) electrons. The lowest BCUT2D eigenvalue weighted by Crippen LogP contribution is -2.48. The fourth-order valence-corrected chi connectivity index (χ4v) is 6.46. The average Bonchev–Trinajstić information content (AvgIpc) is 3.19. The molecule has 0 bridgehead atoms. The number of piperazine rings is 1. The summed E-state index contributed by atoms with van der Waals surface area (Å²) < 4.78 is 0. The van der Waals surface area contributed by atoms with Crippen molar-refractivity contribution >= 4 is 46.3 Å². The Labute approximate surface area is 177 Å². The zero-order valence-electron chi connectivity index (χ0n) is 15.1. The van der Waals surface area contributed by atoms with Gasteiger partial charge in [0.1, 0.15) is 0 Å². The molecular formula is C21H18ClN3OS2. The summed E-state index contributed by atoms with van der Waals surface area (Å²) in [5.41, 5.74) is 3.56. The topological polar surface area (TPSA) is 36.4 Å². The van der Waals surface area contributed by atoms with Crippen molar-refractivity contribution in [1.29, 1.82) is 0 Å². The number of halogens is 1. The molecule has 142 valence electrons. The Balaban J connectivity index is 1.34.